The fourth-order valence-electron chi connectivity index (χ4n) is 2.26. The maximum absolute atomic E-state index is 12.4. The predicted molar refractivity (Wildman–Crippen MR) is 92.9 cm³/mol. The van der Waals surface area contributed by atoms with Crippen molar-refractivity contribution in [2.45, 2.75) is 26.4 Å². The van der Waals surface area contributed by atoms with Crippen LogP contribution in [0.3, 0.4) is 0 Å². The largest absolute Gasteiger partial charge is 0.573 e. The van der Waals surface area contributed by atoms with Crippen LogP contribution in [0.25, 0.3) is 0 Å². The number of nitrogens with one attached hydrogen (secondary N) is 3. The lowest BCUT2D eigenvalue weighted by atomic mass is 10.2. The second kappa shape index (κ2) is 8.93. The third-order valence-corrected chi connectivity index (χ3v) is 3.34. The number of hydrogen-bond donors (Lipinski definition) is 3. The first-order valence-corrected chi connectivity index (χ1v) is 7.95. The third-order valence-electron chi connectivity index (χ3n) is 3.34. The van der Waals surface area contributed by atoms with Gasteiger partial charge in [0.05, 0.1) is 0 Å². The average Bonchev–Trinajstić information content (AvgIpc) is 2.57. The van der Waals surface area contributed by atoms with Crippen molar-refractivity contribution >= 4 is 17.6 Å². The molecule has 0 radical (unpaired) electrons. The highest BCUT2D eigenvalue weighted by molar-refractivity contribution is 5.88. The van der Waals surface area contributed by atoms with Crippen LogP contribution >= 0.6 is 0 Å². The van der Waals surface area contributed by atoms with E-state index in [9.17, 15) is 22.8 Å². The molecule has 0 aliphatic rings. The SMILES string of the molecule is CC(=O)Nc1cccc(CNC(=O)NCc2ccccc2OC(F)(F)F)c1. The number of alkyl halides is 3. The van der Waals surface area contributed by atoms with Crippen LogP contribution in [-0.4, -0.2) is 18.3 Å². The molecule has 0 saturated heterocycles. The van der Waals surface area contributed by atoms with E-state index in [0.717, 1.165) is 5.56 Å². The molecule has 0 aliphatic heterocycles. The zero-order valence-electron chi connectivity index (χ0n) is 14.4. The molecule has 0 bridgehead atoms. The van der Waals surface area contributed by atoms with Crippen LogP contribution in [0.1, 0.15) is 18.1 Å². The number of ether oxygens (including phenoxy) is 1. The van der Waals surface area contributed by atoms with Crippen LogP contribution in [0.4, 0.5) is 23.7 Å². The van der Waals surface area contributed by atoms with E-state index in [1.807, 2.05) is 0 Å². The molecule has 144 valence electrons. The smallest absolute Gasteiger partial charge is 0.405 e. The molecular weight excluding hydrogens is 363 g/mol. The summed E-state index contributed by atoms with van der Waals surface area (Å²) in [6.07, 6.45) is -4.81. The average molecular weight is 381 g/mol. The van der Waals surface area contributed by atoms with Gasteiger partial charge in [-0.1, -0.05) is 30.3 Å². The van der Waals surface area contributed by atoms with E-state index in [1.165, 1.54) is 25.1 Å². The Balaban J connectivity index is 1.88. The number of urea groups is 1. The molecular formula is C18H18F3N3O3. The summed E-state index contributed by atoms with van der Waals surface area (Å²) in [6, 6.07) is 11.9. The highest BCUT2D eigenvalue weighted by Gasteiger charge is 2.31. The van der Waals surface area contributed by atoms with Gasteiger partial charge in [-0.3, -0.25) is 4.79 Å². The summed E-state index contributed by atoms with van der Waals surface area (Å²) >= 11 is 0. The van der Waals surface area contributed by atoms with Crippen molar-refractivity contribution in [3.63, 3.8) is 0 Å². The number of halogens is 3. The first-order chi connectivity index (χ1) is 12.7. The summed E-state index contributed by atoms with van der Waals surface area (Å²) in [5.74, 6) is -0.578. The molecule has 2 aromatic carbocycles. The predicted octanol–water partition coefficient (Wildman–Crippen LogP) is 3.54. The maximum atomic E-state index is 12.4. The van der Waals surface area contributed by atoms with Gasteiger partial charge in [0.1, 0.15) is 5.75 Å². The number of benzene rings is 2. The highest BCUT2D eigenvalue weighted by atomic mass is 19.4. The minimum absolute atomic E-state index is 0.135. The van der Waals surface area contributed by atoms with Gasteiger partial charge in [0.25, 0.3) is 0 Å². The minimum Gasteiger partial charge on any atom is -0.405 e. The number of carbonyl (C=O) groups is 2. The van der Waals surface area contributed by atoms with Crippen molar-refractivity contribution in [1.82, 2.24) is 10.6 Å². The van der Waals surface area contributed by atoms with Gasteiger partial charge in [-0.05, 0) is 23.8 Å². The first-order valence-electron chi connectivity index (χ1n) is 7.95. The molecule has 3 amide bonds. The van der Waals surface area contributed by atoms with Crippen LogP contribution in [0.2, 0.25) is 0 Å². The molecule has 0 aliphatic carbocycles. The summed E-state index contributed by atoms with van der Waals surface area (Å²) in [5, 5.41) is 7.70. The van der Waals surface area contributed by atoms with E-state index in [-0.39, 0.29) is 30.3 Å². The van der Waals surface area contributed by atoms with Crippen molar-refractivity contribution < 1.29 is 27.5 Å². The van der Waals surface area contributed by atoms with Crippen LogP contribution in [0.15, 0.2) is 48.5 Å². The lowest BCUT2D eigenvalue weighted by molar-refractivity contribution is -0.274. The summed E-state index contributed by atoms with van der Waals surface area (Å²) in [6.45, 7) is 1.43. The molecule has 0 spiro atoms. The molecule has 0 aromatic heterocycles. The molecule has 0 unspecified atom stereocenters. The second-order valence-electron chi connectivity index (χ2n) is 5.57. The van der Waals surface area contributed by atoms with Crippen molar-refractivity contribution in [2.24, 2.45) is 0 Å². The fourth-order valence-corrected chi connectivity index (χ4v) is 2.26. The summed E-state index contributed by atoms with van der Waals surface area (Å²) < 4.78 is 41.1. The van der Waals surface area contributed by atoms with E-state index < -0.39 is 12.4 Å². The van der Waals surface area contributed by atoms with Gasteiger partial charge in [-0.25, -0.2) is 4.79 Å². The van der Waals surface area contributed by atoms with Gasteiger partial charge in [0.15, 0.2) is 0 Å². The third kappa shape index (κ3) is 7.27. The van der Waals surface area contributed by atoms with Crippen LogP contribution < -0.4 is 20.7 Å². The quantitative estimate of drug-likeness (QED) is 0.716. The first kappa shape index (κ1) is 20.1. The Labute approximate surface area is 153 Å². The number of amides is 3. The Kier molecular flexibility index (Phi) is 6.64. The van der Waals surface area contributed by atoms with Crippen molar-refractivity contribution in [2.75, 3.05) is 5.32 Å². The summed E-state index contributed by atoms with van der Waals surface area (Å²) in [7, 11) is 0. The monoisotopic (exact) mass is 381 g/mol. The van der Waals surface area contributed by atoms with E-state index in [4.69, 9.17) is 0 Å². The van der Waals surface area contributed by atoms with E-state index >= 15 is 0 Å². The lowest BCUT2D eigenvalue weighted by Crippen LogP contribution is -2.34. The maximum Gasteiger partial charge on any atom is 0.573 e. The molecule has 9 heteroatoms. The van der Waals surface area contributed by atoms with Gasteiger partial charge in [0.2, 0.25) is 5.91 Å². The minimum atomic E-state index is -4.81. The molecule has 2 aromatic rings. The van der Waals surface area contributed by atoms with Crippen molar-refractivity contribution in [3.8, 4) is 5.75 Å². The Morgan fingerprint density at radius 1 is 1.00 bits per heavy atom. The molecule has 0 saturated carbocycles. The molecule has 0 fully saturated rings. The fraction of sp³-hybridized carbons (Fsp3) is 0.222. The van der Waals surface area contributed by atoms with Gasteiger partial charge in [0, 0.05) is 31.3 Å². The molecule has 6 nitrogen and oxygen atoms in total. The Bertz CT molecular complexity index is 810. The van der Waals surface area contributed by atoms with Crippen LogP contribution in [0.5, 0.6) is 5.75 Å². The molecule has 2 rings (SSSR count). The number of hydrogen-bond acceptors (Lipinski definition) is 3. The molecule has 0 heterocycles. The van der Waals surface area contributed by atoms with Gasteiger partial charge < -0.3 is 20.7 Å². The van der Waals surface area contributed by atoms with Crippen LogP contribution in [-0.2, 0) is 17.9 Å². The normalized spacial score (nSPS) is 10.8. The zero-order valence-corrected chi connectivity index (χ0v) is 14.4. The van der Waals surface area contributed by atoms with E-state index in [0.29, 0.717) is 5.69 Å². The Morgan fingerprint density at radius 2 is 1.70 bits per heavy atom. The molecule has 27 heavy (non-hydrogen) atoms. The van der Waals surface area contributed by atoms with Crippen LogP contribution in [0, 0.1) is 0 Å². The van der Waals surface area contributed by atoms with Gasteiger partial charge in [-0.2, -0.15) is 0 Å². The number of anilines is 1. The van der Waals surface area contributed by atoms with E-state index in [1.54, 1.807) is 30.3 Å². The Hall–Kier alpha value is -3.23. The zero-order chi connectivity index (χ0) is 19.9. The molecule has 3 N–H and O–H groups in total. The summed E-state index contributed by atoms with van der Waals surface area (Å²) in [5.41, 5.74) is 1.54. The topological polar surface area (TPSA) is 79.5 Å². The summed E-state index contributed by atoms with van der Waals surface area (Å²) in [4.78, 5) is 22.9. The lowest BCUT2D eigenvalue weighted by Gasteiger charge is -2.14. The second-order valence-corrected chi connectivity index (χ2v) is 5.57. The standard InChI is InChI=1S/C18H18F3N3O3/c1-12(25)24-15-7-4-5-13(9-15)10-22-17(26)23-11-14-6-2-3-8-16(14)27-18(19,20)21/h2-9H,10-11H2,1H3,(H,24,25)(H2,22,23,26). The molecule has 0 atom stereocenters. The van der Waals surface area contributed by atoms with Crippen molar-refractivity contribution in [1.29, 1.82) is 0 Å². The Morgan fingerprint density at radius 3 is 2.41 bits per heavy atom. The van der Waals surface area contributed by atoms with Gasteiger partial charge in [-0.15, -0.1) is 13.2 Å². The van der Waals surface area contributed by atoms with E-state index in [2.05, 4.69) is 20.7 Å². The number of carbonyl (C=O) groups excluding carboxylic acids is 2. The van der Waals surface area contributed by atoms with Gasteiger partial charge >= 0.3 is 12.4 Å². The van der Waals surface area contributed by atoms with Crippen molar-refractivity contribution in [3.05, 3.63) is 59.7 Å². The highest BCUT2D eigenvalue weighted by Crippen LogP contribution is 2.26. The number of para-hydroxylation sites is 1. The number of rotatable bonds is 6.